The van der Waals surface area contributed by atoms with Crippen LogP contribution in [0.25, 0.3) is 0 Å². The van der Waals surface area contributed by atoms with Crippen molar-refractivity contribution in [3.63, 3.8) is 0 Å². The molecule has 0 amide bonds. The van der Waals surface area contributed by atoms with Crippen molar-refractivity contribution in [1.29, 1.82) is 0 Å². The Labute approximate surface area is 112 Å². The summed E-state index contributed by atoms with van der Waals surface area (Å²) < 4.78 is 0. The number of aromatic nitrogens is 2. The van der Waals surface area contributed by atoms with Gasteiger partial charge in [0.1, 0.15) is 0 Å². The predicted octanol–water partition coefficient (Wildman–Crippen LogP) is 3.05. The van der Waals surface area contributed by atoms with Crippen LogP contribution in [0, 0.1) is 13.8 Å². The van der Waals surface area contributed by atoms with Crippen molar-refractivity contribution < 1.29 is 0 Å². The lowest BCUT2D eigenvalue weighted by Crippen LogP contribution is -2.22. The molecule has 0 radical (unpaired) electrons. The quantitative estimate of drug-likeness (QED) is 0.899. The molecule has 96 valence electrons. The maximum absolute atomic E-state index is 4.58. The SMILES string of the molecule is Cc1nc(C(C)NCCc2ccccn2)c(C)s1. The van der Waals surface area contributed by atoms with Crippen molar-refractivity contribution >= 4 is 11.3 Å². The highest BCUT2D eigenvalue weighted by molar-refractivity contribution is 7.11. The molecule has 0 fully saturated rings. The summed E-state index contributed by atoms with van der Waals surface area (Å²) in [5.41, 5.74) is 2.31. The molecule has 2 aromatic rings. The average Bonchev–Trinajstić information content (AvgIpc) is 2.70. The number of nitrogens with one attached hydrogen (secondary N) is 1. The Kier molecular flexibility index (Phi) is 4.44. The summed E-state index contributed by atoms with van der Waals surface area (Å²) in [6, 6.07) is 6.34. The Hall–Kier alpha value is -1.26. The van der Waals surface area contributed by atoms with E-state index >= 15 is 0 Å². The zero-order valence-corrected chi connectivity index (χ0v) is 11.9. The van der Waals surface area contributed by atoms with Gasteiger partial charge in [-0.25, -0.2) is 4.98 Å². The van der Waals surface area contributed by atoms with Crippen LogP contribution in [0.4, 0.5) is 0 Å². The van der Waals surface area contributed by atoms with Crippen molar-refractivity contribution in [1.82, 2.24) is 15.3 Å². The van der Waals surface area contributed by atoms with Crippen LogP contribution < -0.4 is 5.32 Å². The van der Waals surface area contributed by atoms with Crippen molar-refractivity contribution in [2.45, 2.75) is 33.2 Å². The minimum Gasteiger partial charge on any atom is -0.308 e. The minimum absolute atomic E-state index is 0.304. The Morgan fingerprint density at radius 1 is 1.33 bits per heavy atom. The van der Waals surface area contributed by atoms with E-state index in [-0.39, 0.29) is 0 Å². The molecule has 18 heavy (non-hydrogen) atoms. The van der Waals surface area contributed by atoms with Gasteiger partial charge < -0.3 is 5.32 Å². The van der Waals surface area contributed by atoms with Gasteiger partial charge >= 0.3 is 0 Å². The molecule has 0 saturated heterocycles. The van der Waals surface area contributed by atoms with Crippen molar-refractivity contribution in [2.24, 2.45) is 0 Å². The number of hydrogen-bond donors (Lipinski definition) is 1. The zero-order valence-electron chi connectivity index (χ0n) is 11.1. The first-order valence-corrected chi connectivity index (χ1v) is 7.05. The van der Waals surface area contributed by atoms with Gasteiger partial charge in [0.2, 0.25) is 0 Å². The maximum Gasteiger partial charge on any atom is 0.0900 e. The average molecular weight is 261 g/mol. The molecular weight excluding hydrogens is 242 g/mol. The fourth-order valence-electron chi connectivity index (χ4n) is 2.01. The van der Waals surface area contributed by atoms with Crippen LogP contribution in [0.5, 0.6) is 0 Å². The van der Waals surface area contributed by atoms with Crippen LogP contribution in [0.1, 0.15) is 34.2 Å². The van der Waals surface area contributed by atoms with Gasteiger partial charge in [-0.05, 0) is 32.9 Å². The van der Waals surface area contributed by atoms with Gasteiger partial charge in [0.15, 0.2) is 0 Å². The van der Waals surface area contributed by atoms with Gasteiger partial charge in [-0.1, -0.05) is 6.07 Å². The zero-order chi connectivity index (χ0) is 13.0. The van der Waals surface area contributed by atoms with E-state index in [1.165, 1.54) is 10.6 Å². The molecule has 0 aliphatic rings. The summed E-state index contributed by atoms with van der Waals surface area (Å²) in [7, 11) is 0. The minimum atomic E-state index is 0.304. The molecule has 2 rings (SSSR count). The molecule has 2 heterocycles. The smallest absolute Gasteiger partial charge is 0.0900 e. The highest BCUT2D eigenvalue weighted by Gasteiger charge is 2.12. The summed E-state index contributed by atoms with van der Waals surface area (Å²) in [5, 5.41) is 4.65. The van der Waals surface area contributed by atoms with Gasteiger partial charge in [-0.3, -0.25) is 4.98 Å². The first-order valence-electron chi connectivity index (χ1n) is 6.24. The monoisotopic (exact) mass is 261 g/mol. The summed E-state index contributed by atoms with van der Waals surface area (Å²) in [6.07, 6.45) is 2.79. The van der Waals surface area contributed by atoms with Crippen LogP contribution in [-0.4, -0.2) is 16.5 Å². The molecule has 0 bridgehead atoms. The second-order valence-electron chi connectivity index (χ2n) is 4.42. The highest BCUT2D eigenvalue weighted by atomic mass is 32.1. The van der Waals surface area contributed by atoms with Crippen molar-refractivity contribution in [2.75, 3.05) is 6.54 Å². The van der Waals surface area contributed by atoms with Gasteiger partial charge in [-0.2, -0.15) is 0 Å². The molecular formula is C14H19N3S. The van der Waals surface area contributed by atoms with E-state index < -0.39 is 0 Å². The van der Waals surface area contributed by atoms with Crippen LogP contribution in [-0.2, 0) is 6.42 Å². The third-order valence-electron chi connectivity index (χ3n) is 2.91. The third-order valence-corrected chi connectivity index (χ3v) is 3.81. The molecule has 4 heteroatoms. The first-order chi connectivity index (χ1) is 8.66. The standard InChI is InChI=1S/C14H19N3S/c1-10(14-11(2)18-12(3)17-14)15-9-7-13-6-4-5-8-16-13/h4-6,8,10,15H,7,9H2,1-3H3. The molecule has 1 unspecified atom stereocenters. The lowest BCUT2D eigenvalue weighted by atomic mass is 10.2. The second-order valence-corrected chi connectivity index (χ2v) is 5.83. The number of nitrogens with zero attached hydrogens (tertiary/aromatic N) is 2. The molecule has 0 saturated carbocycles. The largest absolute Gasteiger partial charge is 0.308 e. The predicted molar refractivity (Wildman–Crippen MR) is 75.9 cm³/mol. The van der Waals surface area contributed by atoms with E-state index in [9.17, 15) is 0 Å². The van der Waals surface area contributed by atoms with Gasteiger partial charge in [0, 0.05) is 35.8 Å². The van der Waals surface area contributed by atoms with Crippen molar-refractivity contribution in [3.05, 3.63) is 45.7 Å². The molecule has 1 atom stereocenters. The van der Waals surface area contributed by atoms with Crippen molar-refractivity contribution in [3.8, 4) is 0 Å². The molecule has 1 N–H and O–H groups in total. The summed E-state index contributed by atoms with van der Waals surface area (Å²) >= 11 is 1.76. The summed E-state index contributed by atoms with van der Waals surface area (Å²) in [4.78, 5) is 10.2. The highest BCUT2D eigenvalue weighted by Crippen LogP contribution is 2.22. The number of hydrogen-bond acceptors (Lipinski definition) is 4. The Bertz CT molecular complexity index is 493. The maximum atomic E-state index is 4.58. The third kappa shape index (κ3) is 3.37. The molecule has 0 aromatic carbocycles. The molecule has 0 aliphatic carbocycles. The van der Waals surface area contributed by atoms with Crippen LogP contribution in [0.2, 0.25) is 0 Å². The van der Waals surface area contributed by atoms with Crippen LogP contribution in [0.3, 0.4) is 0 Å². The summed E-state index contributed by atoms with van der Waals surface area (Å²) in [5.74, 6) is 0. The Morgan fingerprint density at radius 2 is 2.17 bits per heavy atom. The van der Waals surface area contributed by atoms with Crippen LogP contribution >= 0.6 is 11.3 Å². The molecule has 2 aromatic heterocycles. The fraction of sp³-hybridized carbons (Fsp3) is 0.429. The first kappa shape index (κ1) is 13.2. The molecule has 0 aliphatic heterocycles. The summed E-state index contributed by atoms with van der Waals surface area (Å²) in [6.45, 7) is 7.28. The van der Waals surface area contributed by atoms with Crippen LogP contribution in [0.15, 0.2) is 24.4 Å². The number of rotatable bonds is 5. The van der Waals surface area contributed by atoms with E-state index in [2.05, 4.69) is 42.1 Å². The molecule has 0 spiro atoms. The Morgan fingerprint density at radius 3 is 2.78 bits per heavy atom. The molecule has 3 nitrogen and oxygen atoms in total. The van der Waals surface area contributed by atoms with Gasteiger partial charge in [-0.15, -0.1) is 11.3 Å². The van der Waals surface area contributed by atoms with E-state index in [0.29, 0.717) is 6.04 Å². The van der Waals surface area contributed by atoms with E-state index in [1.807, 2.05) is 18.3 Å². The fourth-order valence-corrected chi connectivity index (χ4v) is 2.92. The lowest BCUT2D eigenvalue weighted by Gasteiger charge is -2.12. The topological polar surface area (TPSA) is 37.8 Å². The van der Waals surface area contributed by atoms with E-state index in [4.69, 9.17) is 0 Å². The van der Waals surface area contributed by atoms with E-state index in [0.717, 1.165) is 23.7 Å². The lowest BCUT2D eigenvalue weighted by molar-refractivity contribution is 0.561. The van der Waals surface area contributed by atoms with Gasteiger partial charge in [0.05, 0.1) is 10.7 Å². The number of aryl methyl sites for hydroxylation is 2. The normalized spacial score (nSPS) is 12.6. The van der Waals surface area contributed by atoms with E-state index in [1.54, 1.807) is 11.3 Å². The van der Waals surface area contributed by atoms with Gasteiger partial charge in [0.25, 0.3) is 0 Å². The number of thiazole rings is 1. The number of pyridine rings is 1. The second kappa shape index (κ2) is 6.07. The Balaban J connectivity index is 1.85.